The number of nitrogens with one attached hydrogen (secondary N) is 2. The zero-order valence-electron chi connectivity index (χ0n) is 9.10. The largest absolute Gasteiger partial charge is 0.351 e. The van der Waals surface area contributed by atoms with E-state index in [1.807, 2.05) is 19.9 Å². The van der Waals surface area contributed by atoms with Crippen LogP contribution >= 0.6 is 0 Å². The van der Waals surface area contributed by atoms with Crippen molar-refractivity contribution in [2.24, 2.45) is 0 Å². The summed E-state index contributed by atoms with van der Waals surface area (Å²) in [5.74, 6) is 0.141. The quantitative estimate of drug-likeness (QED) is 0.666. The van der Waals surface area contributed by atoms with Crippen molar-refractivity contribution < 1.29 is 4.79 Å². The lowest BCUT2D eigenvalue weighted by Crippen LogP contribution is -2.46. The smallest absolute Gasteiger partial charge is 0.237 e. The van der Waals surface area contributed by atoms with Crippen molar-refractivity contribution >= 4 is 5.91 Å². The molecule has 0 spiro atoms. The molecule has 0 saturated carbocycles. The van der Waals surface area contributed by atoms with Crippen molar-refractivity contribution in [1.29, 1.82) is 0 Å². The molecule has 1 heterocycles. The molecule has 1 amide bonds. The molecule has 2 N–H and O–H groups in total. The second kappa shape index (κ2) is 5.81. The van der Waals surface area contributed by atoms with Crippen LogP contribution < -0.4 is 10.6 Å². The van der Waals surface area contributed by atoms with Crippen molar-refractivity contribution in [3.63, 3.8) is 0 Å². The van der Waals surface area contributed by atoms with Crippen LogP contribution in [0.4, 0.5) is 0 Å². The molecule has 14 heavy (non-hydrogen) atoms. The van der Waals surface area contributed by atoms with Gasteiger partial charge >= 0.3 is 0 Å². The average Bonchev–Trinajstić information content (AvgIpc) is 2.18. The van der Waals surface area contributed by atoms with Gasteiger partial charge in [0.05, 0.1) is 6.04 Å². The Kier molecular flexibility index (Phi) is 4.66. The Morgan fingerprint density at radius 2 is 2.29 bits per heavy atom. The number of rotatable bonds is 3. The molecule has 0 bridgehead atoms. The second-order valence-corrected chi connectivity index (χ2v) is 4.03. The van der Waals surface area contributed by atoms with Gasteiger partial charge in [-0.3, -0.25) is 4.79 Å². The molecule has 1 aliphatic heterocycles. The third kappa shape index (κ3) is 3.92. The minimum atomic E-state index is 0.0364. The van der Waals surface area contributed by atoms with Crippen molar-refractivity contribution in [3.05, 3.63) is 11.6 Å². The summed E-state index contributed by atoms with van der Waals surface area (Å²) >= 11 is 0. The van der Waals surface area contributed by atoms with Gasteiger partial charge in [0.2, 0.25) is 5.91 Å². The molecule has 0 aromatic heterocycles. The van der Waals surface area contributed by atoms with Crippen LogP contribution in [-0.4, -0.2) is 25.0 Å². The highest BCUT2D eigenvalue weighted by atomic mass is 16.2. The number of allylic oxidation sites excluding steroid dienone is 1. The van der Waals surface area contributed by atoms with Crippen LogP contribution in [0.15, 0.2) is 11.6 Å². The molecule has 0 aromatic rings. The third-order valence-electron chi connectivity index (χ3n) is 2.41. The van der Waals surface area contributed by atoms with Crippen LogP contribution in [0.5, 0.6) is 0 Å². The Labute approximate surface area is 86.0 Å². The molecule has 80 valence electrons. The van der Waals surface area contributed by atoms with Gasteiger partial charge in [0.15, 0.2) is 0 Å². The number of amides is 1. The van der Waals surface area contributed by atoms with Gasteiger partial charge in [0.25, 0.3) is 0 Å². The van der Waals surface area contributed by atoms with Crippen molar-refractivity contribution in [2.75, 3.05) is 13.1 Å². The van der Waals surface area contributed by atoms with E-state index in [9.17, 15) is 4.79 Å². The highest BCUT2D eigenvalue weighted by Gasteiger charge is 2.19. The highest BCUT2D eigenvalue weighted by molar-refractivity contribution is 5.81. The van der Waals surface area contributed by atoms with Gasteiger partial charge in [-0.2, -0.15) is 0 Å². The first-order chi connectivity index (χ1) is 6.70. The van der Waals surface area contributed by atoms with E-state index in [0.717, 1.165) is 19.4 Å². The summed E-state index contributed by atoms with van der Waals surface area (Å²) in [7, 11) is 0. The van der Waals surface area contributed by atoms with Gasteiger partial charge in [0.1, 0.15) is 0 Å². The molecule has 0 aliphatic carbocycles. The van der Waals surface area contributed by atoms with Crippen molar-refractivity contribution in [2.45, 2.75) is 39.2 Å². The van der Waals surface area contributed by atoms with Crippen LogP contribution in [0.2, 0.25) is 0 Å². The van der Waals surface area contributed by atoms with Gasteiger partial charge < -0.3 is 10.6 Å². The molecule has 1 unspecified atom stereocenters. The predicted molar refractivity (Wildman–Crippen MR) is 58.1 cm³/mol. The Bertz CT molecular complexity index is 213. The number of carbonyl (C=O) groups is 1. The Hall–Kier alpha value is -0.830. The third-order valence-corrected chi connectivity index (χ3v) is 2.41. The van der Waals surface area contributed by atoms with Gasteiger partial charge in [-0.1, -0.05) is 18.1 Å². The van der Waals surface area contributed by atoms with Crippen LogP contribution in [0.3, 0.4) is 0 Å². The molecule has 3 nitrogen and oxygen atoms in total. The maximum Gasteiger partial charge on any atom is 0.237 e. The number of hydrogen-bond donors (Lipinski definition) is 2. The number of carbonyl (C=O) groups excluding carboxylic acids is 1. The minimum absolute atomic E-state index is 0.0364. The van der Waals surface area contributed by atoms with E-state index in [1.54, 1.807) is 0 Å². The van der Waals surface area contributed by atoms with Crippen molar-refractivity contribution in [3.8, 4) is 0 Å². The number of hydrogen-bond acceptors (Lipinski definition) is 2. The molecular formula is C11H20N2O. The van der Waals surface area contributed by atoms with E-state index in [4.69, 9.17) is 0 Å². The Morgan fingerprint density at radius 1 is 1.50 bits per heavy atom. The summed E-state index contributed by atoms with van der Waals surface area (Å²) in [5.41, 5.74) is 1.24. The Morgan fingerprint density at radius 3 is 2.86 bits per heavy atom. The first kappa shape index (κ1) is 11.2. The maximum absolute atomic E-state index is 11.6. The Balaban J connectivity index is 2.23. The summed E-state index contributed by atoms with van der Waals surface area (Å²) < 4.78 is 0. The molecule has 1 saturated heterocycles. The van der Waals surface area contributed by atoms with E-state index in [0.29, 0.717) is 6.54 Å². The fraction of sp³-hybridized carbons (Fsp3) is 0.727. The lowest BCUT2D eigenvalue weighted by atomic mass is 10.0. The van der Waals surface area contributed by atoms with Crippen LogP contribution in [0, 0.1) is 0 Å². The highest BCUT2D eigenvalue weighted by Crippen LogP contribution is 2.06. The molecular weight excluding hydrogens is 176 g/mol. The second-order valence-electron chi connectivity index (χ2n) is 4.03. The van der Waals surface area contributed by atoms with Crippen LogP contribution in [0.1, 0.15) is 33.1 Å². The normalized spacial score (nSPS) is 21.4. The molecule has 1 rings (SSSR count). The predicted octanol–water partition coefficient (Wildman–Crippen LogP) is 1.21. The fourth-order valence-corrected chi connectivity index (χ4v) is 1.55. The van der Waals surface area contributed by atoms with E-state index in [2.05, 4.69) is 10.6 Å². The monoisotopic (exact) mass is 196 g/mol. The van der Waals surface area contributed by atoms with Crippen LogP contribution in [-0.2, 0) is 4.79 Å². The summed E-state index contributed by atoms with van der Waals surface area (Å²) in [5, 5.41) is 6.13. The molecule has 1 atom stereocenters. The first-order valence-electron chi connectivity index (χ1n) is 5.34. The summed E-state index contributed by atoms with van der Waals surface area (Å²) in [6, 6.07) is 0.0364. The van der Waals surface area contributed by atoms with E-state index in [1.165, 1.54) is 12.0 Å². The SMILES string of the molecule is CC(C)=CCNC(=O)C1CCCCN1. The van der Waals surface area contributed by atoms with Gasteiger partial charge in [0, 0.05) is 6.54 Å². The van der Waals surface area contributed by atoms with Crippen molar-refractivity contribution in [1.82, 2.24) is 10.6 Å². The fourth-order valence-electron chi connectivity index (χ4n) is 1.55. The lowest BCUT2D eigenvalue weighted by molar-refractivity contribution is -0.123. The topological polar surface area (TPSA) is 41.1 Å². The number of piperidine rings is 1. The van der Waals surface area contributed by atoms with E-state index in [-0.39, 0.29) is 11.9 Å². The molecule has 3 heteroatoms. The van der Waals surface area contributed by atoms with E-state index < -0.39 is 0 Å². The molecule has 0 aromatic carbocycles. The minimum Gasteiger partial charge on any atom is -0.351 e. The first-order valence-corrected chi connectivity index (χ1v) is 5.34. The zero-order chi connectivity index (χ0) is 10.4. The van der Waals surface area contributed by atoms with Gasteiger partial charge in [-0.25, -0.2) is 0 Å². The summed E-state index contributed by atoms with van der Waals surface area (Å²) in [4.78, 5) is 11.6. The average molecular weight is 196 g/mol. The van der Waals surface area contributed by atoms with Gasteiger partial charge in [-0.05, 0) is 33.2 Å². The molecule has 1 fully saturated rings. The summed E-state index contributed by atoms with van der Waals surface area (Å²) in [6.07, 6.45) is 5.35. The zero-order valence-corrected chi connectivity index (χ0v) is 9.10. The maximum atomic E-state index is 11.6. The molecule has 0 radical (unpaired) electrons. The summed E-state index contributed by atoms with van der Waals surface area (Å²) in [6.45, 7) is 5.69. The van der Waals surface area contributed by atoms with Gasteiger partial charge in [-0.15, -0.1) is 0 Å². The van der Waals surface area contributed by atoms with Crippen LogP contribution in [0.25, 0.3) is 0 Å². The lowest BCUT2D eigenvalue weighted by Gasteiger charge is -2.22. The molecule has 1 aliphatic rings. The standard InChI is InChI=1S/C11H20N2O/c1-9(2)6-8-13-11(14)10-5-3-4-7-12-10/h6,10,12H,3-5,7-8H2,1-2H3,(H,13,14). The van der Waals surface area contributed by atoms with E-state index >= 15 is 0 Å².